The molecule has 0 radical (unpaired) electrons. The Labute approximate surface area is 115 Å². The second-order valence-electron chi connectivity index (χ2n) is 3.85. The van der Waals surface area contributed by atoms with Crippen LogP contribution in [0.25, 0.3) is 0 Å². The van der Waals surface area contributed by atoms with Gasteiger partial charge < -0.3 is 9.47 Å². The summed E-state index contributed by atoms with van der Waals surface area (Å²) in [5.41, 5.74) is 0. The summed E-state index contributed by atoms with van der Waals surface area (Å²) in [6, 6.07) is 14.7. The lowest BCUT2D eigenvalue weighted by molar-refractivity contribution is 0.392. The highest BCUT2D eigenvalue weighted by Crippen LogP contribution is 2.32. The molecular formula is C15H11N3O2. The average Bonchev–Trinajstić information content (AvgIpc) is 2.51. The molecule has 0 spiro atoms. The van der Waals surface area contributed by atoms with E-state index >= 15 is 0 Å². The molecule has 3 aromatic rings. The van der Waals surface area contributed by atoms with Gasteiger partial charge in [-0.25, -0.2) is 15.0 Å². The maximum absolute atomic E-state index is 5.69. The lowest BCUT2D eigenvalue weighted by Gasteiger charge is -2.09. The number of benzene rings is 1. The molecule has 0 fully saturated rings. The van der Waals surface area contributed by atoms with E-state index in [9.17, 15) is 0 Å². The minimum absolute atomic E-state index is 0.268. The molecule has 5 heteroatoms. The van der Waals surface area contributed by atoms with Crippen molar-refractivity contribution < 1.29 is 9.47 Å². The first-order chi connectivity index (χ1) is 9.92. The molecular weight excluding hydrogens is 254 g/mol. The van der Waals surface area contributed by atoms with Gasteiger partial charge in [0.05, 0.1) is 0 Å². The van der Waals surface area contributed by atoms with Crippen molar-refractivity contribution in [2.24, 2.45) is 0 Å². The Hall–Kier alpha value is -2.95. The van der Waals surface area contributed by atoms with Crippen LogP contribution in [-0.2, 0) is 0 Å². The van der Waals surface area contributed by atoms with Crippen molar-refractivity contribution in [2.75, 3.05) is 0 Å². The Balaban J connectivity index is 1.85. The number of rotatable bonds is 4. The summed E-state index contributed by atoms with van der Waals surface area (Å²) in [6.07, 6.45) is 4.90. The van der Waals surface area contributed by atoms with Gasteiger partial charge in [0.1, 0.15) is 0 Å². The molecule has 20 heavy (non-hydrogen) atoms. The summed E-state index contributed by atoms with van der Waals surface area (Å²) in [4.78, 5) is 12.1. The fraction of sp³-hybridized carbons (Fsp3) is 0. The lowest BCUT2D eigenvalue weighted by Crippen LogP contribution is -1.94. The van der Waals surface area contributed by atoms with E-state index in [1.807, 2.05) is 24.3 Å². The summed E-state index contributed by atoms with van der Waals surface area (Å²) in [5, 5.41) is 0. The van der Waals surface area contributed by atoms with Crippen LogP contribution in [0, 0.1) is 0 Å². The van der Waals surface area contributed by atoms with Crippen LogP contribution in [0.2, 0.25) is 0 Å². The molecule has 0 N–H and O–H groups in total. The Bertz CT molecular complexity index is 614. The summed E-state index contributed by atoms with van der Waals surface area (Å²) in [7, 11) is 0. The van der Waals surface area contributed by atoms with Gasteiger partial charge in [0.25, 0.3) is 0 Å². The van der Waals surface area contributed by atoms with Crippen molar-refractivity contribution in [1.29, 1.82) is 0 Å². The molecule has 0 unspecified atom stereocenters. The van der Waals surface area contributed by atoms with Gasteiger partial charge in [-0.15, -0.1) is 0 Å². The van der Waals surface area contributed by atoms with Crippen molar-refractivity contribution >= 4 is 0 Å². The fourth-order valence-electron chi connectivity index (χ4n) is 1.58. The second kappa shape index (κ2) is 5.79. The molecule has 0 bridgehead atoms. The minimum atomic E-state index is 0.268. The van der Waals surface area contributed by atoms with Crippen molar-refractivity contribution in [2.45, 2.75) is 0 Å². The van der Waals surface area contributed by atoms with Crippen molar-refractivity contribution in [3.05, 3.63) is 67.1 Å². The smallest absolute Gasteiger partial charge is 0.321 e. The number of para-hydroxylation sites is 2. The molecule has 1 aromatic carbocycles. The first-order valence-corrected chi connectivity index (χ1v) is 6.04. The van der Waals surface area contributed by atoms with Crippen LogP contribution in [0.4, 0.5) is 0 Å². The van der Waals surface area contributed by atoms with E-state index in [-0.39, 0.29) is 6.01 Å². The van der Waals surface area contributed by atoms with Gasteiger partial charge in [-0.05, 0) is 24.3 Å². The van der Waals surface area contributed by atoms with E-state index in [1.165, 1.54) is 0 Å². The molecule has 5 nitrogen and oxygen atoms in total. The van der Waals surface area contributed by atoms with Crippen molar-refractivity contribution in [3.8, 4) is 23.4 Å². The highest BCUT2D eigenvalue weighted by Gasteiger charge is 2.08. The quantitative estimate of drug-likeness (QED) is 0.723. The molecule has 2 heterocycles. The zero-order valence-corrected chi connectivity index (χ0v) is 10.5. The third-order valence-electron chi connectivity index (χ3n) is 2.44. The van der Waals surface area contributed by atoms with E-state index in [1.54, 1.807) is 42.9 Å². The van der Waals surface area contributed by atoms with Crippen molar-refractivity contribution in [1.82, 2.24) is 15.0 Å². The molecule has 2 aromatic heterocycles. The first-order valence-electron chi connectivity index (χ1n) is 6.04. The normalized spacial score (nSPS) is 10.0. The molecule has 0 aliphatic rings. The van der Waals surface area contributed by atoms with Crippen LogP contribution >= 0.6 is 0 Å². The van der Waals surface area contributed by atoms with Crippen LogP contribution in [0.5, 0.6) is 23.4 Å². The highest BCUT2D eigenvalue weighted by molar-refractivity contribution is 5.42. The topological polar surface area (TPSA) is 57.1 Å². The number of ether oxygens (including phenoxy) is 2. The molecule has 0 saturated heterocycles. The second-order valence-corrected chi connectivity index (χ2v) is 3.85. The van der Waals surface area contributed by atoms with E-state index in [0.717, 1.165) is 0 Å². The van der Waals surface area contributed by atoms with Crippen LogP contribution in [0.1, 0.15) is 0 Å². The third-order valence-corrected chi connectivity index (χ3v) is 2.44. The molecule has 0 aliphatic heterocycles. The molecule has 98 valence electrons. The van der Waals surface area contributed by atoms with Crippen LogP contribution < -0.4 is 9.47 Å². The Kier molecular flexibility index (Phi) is 3.51. The van der Waals surface area contributed by atoms with Crippen LogP contribution in [-0.4, -0.2) is 15.0 Å². The van der Waals surface area contributed by atoms with Gasteiger partial charge in [0, 0.05) is 24.7 Å². The zero-order chi connectivity index (χ0) is 13.6. The maximum Gasteiger partial charge on any atom is 0.321 e. The van der Waals surface area contributed by atoms with E-state index in [0.29, 0.717) is 17.4 Å². The third kappa shape index (κ3) is 2.89. The largest absolute Gasteiger partial charge is 0.435 e. The Morgan fingerprint density at radius 2 is 1.25 bits per heavy atom. The van der Waals surface area contributed by atoms with Gasteiger partial charge in [-0.2, -0.15) is 0 Å². The van der Waals surface area contributed by atoms with Crippen LogP contribution in [0.15, 0.2) is 67.1 Å². The summed E-state index contributed by atoms with van der Waals surface area (Å²) < 4.78 is 11.3. The van der Waals surface area contributed by atoms with E-state index in [2.05, 4.69) is 15.0 Å². The number of pyridine rings is 1. The Morgan fingerprint density at radius 1 is 0.600 bits per heavy atom. The number of nitrogens with zero attached hydrogens (tertiary/aromatic N) is 3. The van der Waals surface area contributed by atoms with E-state index < -0.39 is 0 Å². The molecule has 0 amide bonds. The van der Waals surface area contributed by atoms with Gasteiger partial charge in [0.2, 0.25) is 5.88 Å². The fourth-order valence-corrected chi connectivity index (χ4v) is 1.58. The zero-order valence-electron chi connectivity index (χ0n) is 10.5. The monoisotopic (exact) mass is 265 g/mol. The SMILES string of the molecule is c1ccc(Oc2ccccc2Oc2ncccn2)nc1. The maximum atomic E-state index is 5.69. The molecule has 0 atom stereocenters. The Morgan fingerprint density at radius 3 is 1.95 bits per heavy atom. The van der Waals surface area contributed by atoms with Gasteiger partial charge >= 0.3 is 6.01 Å². The summed E-state index contributed by atoms with van der Waals surface area (Å²) in [5.74, 6) is 1.58. The predicted octanol–water partition coefficient (Wildman–Crippen LogP) is 3.46. The predicted molar refractivity (Wildman–Crippen MR) is 72.9 cm³/mol. The van der Waals surface area contributed by atoms with Gasteiger partial charge in [-0.1, -0.05) is 18.2 Å². The summed E-state index contributed by atoms with van der Waals surface area (Å²) >= 11 is 0. The minimum Gasteiger partial charge on any atom is -0.435 e. The number of hydrogen-bond acceptors (Lipinski definition) is 5. The van der Waals surface area contributed by atoms with Crippen molar-refractivity contribution in [3.63, 3.8) is 0 Å². The number of aromatic nitrogens is 3. The lowest BCUT2D eigenvalue weighted by atomic mass is 10.3. The standard InChI is InChI=1S/C15H11N3O2/c1-2-7-13(20-15-17-10-5-11-18-15)12(6-1)19-14-8-3-4-9-16-14/h1-11H. The summed E-state index contributed by atoms with van der Waals surface area (Å²) in [6.45, 7) is 0. The van der Waals surface area contributed by atoms with Gasteiger partial charge in [0.15, 0.2) is 11.5 Å². The molecule has 0 saturated carbocycles. The molecule has 0 aliphatic carbocycles. The highest BCUT2D eigenvalue weighted by atomic mass is 16.5. The number of hydrogen-bond donors (Lipinski definition) is 0. The van der Waals surface area contributed by atoms with Gasteiger partial charge in [-0.3, -0.25) is 0 Å². The molecule has 3 rings (SSSR count). The van der Waals surface area contributed by atoms with E-state index in [4.69, 9.17) is 9.47 Å². The first kappa shape index (κ1) is 12.1. The van der Waals surface area contributed by atoms with Crippen LogP contribution in [0.3, 0.4) is 0 Å². The average molecular weight is 265 g/mol.